The molecule has 1 amide bonds. The predicted molar refractivity (Wildman–Crippen MR) is 78.3 cm³/mol. The number of alkyl halides is 3. The Morgan fingerprint density at radius 2 is 1.70 bits per heavy atom. The van der Waals surface area contributed by atoms with Crippen LogP contribution in [0.3, 0.4) is 0 Å². The second-order valence-corrected chi connectivity index (χ2v) is 5.49. The summed E-state index contributed by atoms with van der Waals surface area (Å²) in [5, 5.41) is 1.82. The molecule has 0 aliphatic rings. The van der Waals surface area contributed by atoms with E-state index in [1.54, 1.807) is 18.2 Å². The summed E-state index contributed by atoms with van der Waals surface area (Å²) in [6.07, 6.45) is -3.85. The van der Waals surface area contributed by atoms with Crippen molar-refractivity contribution in [2.45, 2.75) is 25.6 Å². The maximum Gasteiger partial charge on any atom is 0.471 e. The van der Waals surface area contributed by atoms with Crippen LogP contribution in [-0.4, -0.2) is 25.2 Å². The van der Waals surface area contributed by atoms with Crippen LogP contribution in [0, 0.1) is 5.41 Å². The molecule has 1 rings (SSSR count). The van der Waals surface area contributed by atoms with Gasteiger partial charge in [-0.25, -0.2) is 4.79 Å². The van der Waals surface area contributed by atoms with Gasteiger partial charge < -0.3 is 10.1 Å². The lowest BCUT2D eigenvalue weighted by Gasteiger charge is -2.43. The quantitative estimate of drug-likeness (QED) is 0.667. The molecule has 1 aromatic rings. The van der Waals surface area contributed by atoms with Crippen LogP contribution < -0.4 is 5.32 Å². The molecule has 1 atom stereocenters. The lowest BCUT2D eigenvalue weighted by molar-refractivity contribution is -0.180. The molecular weight excluding hydrogens is 311 g/mol. The fraction of sp³-hybridized carbons (Fsp3) is 0.375. The molecule has 0 heterocycles. The van der Waals surface area contributed by atoms with Crippen LogP contribution >= 0.6 is 0 Å². The molecule has 0 aliphatic carbocycles. The number of hydrogen-bond acceptors (Lipinski definition) is 3. The van der Waals surface area contributed by atoms with E-state index in [4.69, 9.17) is 4.74 Å². The van der Waals surface area contributed by atoms with Crippen LogP contribution in [-0.2, 0) is 19.9 Å². The largest absolute Gasteiger partial charge is 0.471 e. The molecule has 0 bridgehead atoms. The highest BCUT2D eigenvalue weighted by Gasteiger charge is 2.56. The van der Waals surface area contributed by atoms with Crippen LogP contribution in [0.5, 0.6) is 0 Å². The first-order valence-electron chi connectivity index (χ1n) is 6.70. The van der Waals surface area contributed by atoms with Gasteiger partial charge in [-0.3, -0.25) is 4.79 Å². The number of nitrogens with one attached hydrogen (secondary N) is 1. The zero-order chi connectivity index (χ0) is 17.9. The third-order valence-electron chi connectivity index (χ3n) is 3.73. The molecule has 1 aromatic carbocycles. The summed E-state index contributed by atoms with van der Waals surface area (Å²) in [6, 6.07) is 7.62. The van der Waals surface area contributed by atoms with Crippen molar-refractivity contribution in [3.8, 4) is 0 Å². The molecular formula is C16H18F3NO3. The smallest absolute Gasteiger partial charge is 0.467 e. The predicted octanol–water partition coefficient (Wildman–Crippen LogP) is 2.95. The van der Waals surface area contributed by atoms with Gasteiger partial charge in [0.25, 0.3) is 0 Å². The minimum Gasteiger partial charge on any atom is -0.467 e. The summed E-state index contributed by atoms with van der Waals surface area (Å²) < 4.78 is 43.0. The van der Waals surface area contributed by atoms with Crippen LogP contribution in [0.1, 0.15) is 19.4 Å². The number of esters is 1. The van der Waals surface area contributed by atoms with Gasteiger partial charge in [-0.15, -0.1) is 6.58 Å². The molecule has 0 saturated carbocycles. The lowest BCUT2D eigenvalue weighted by atomic mass is 9.68. The Bertz CT molecular complexity index is 596. The standard InChI is InChI=1S/C16H18F3NO3/c1-5-14(2,3)15(13(22)23-4,11-9-7-6-8-10-11)20-12(21)16(17,18)19/h5-10H,1H2,2-4H3,(H,20,21). The van der Waals surface area contributed by atoms with Gasteiger partial charge in [0.15, 0.2) is 5.54 Å². The number of hydrogen-bond donors (Lipinski definition) is 1. The molecule has 0 spiro atoms. The van der Waals surface area contributed by atoms with E-state index in [1.807, 2.05) is 5.32 Å². The third kappa shape index (κ3) is 3.38. The highest BCUT2D eigenvalue weighted by Crippen LogP contribution is 2.42. The first-order chi connectivity index (χ1) is 10.5. The summed E-state index contributed by atoms with van der Waals surface area (Å²) >= 11 is 0. The highest BCUT2D eigenvalue weighted by atomic mass is 19.4. The van der Waals surface area contributed by atoms with E-state index in [1.165, 1.54) is 32.1 Å². The number of halogens is 3. The van der Waals surface area contributed by atoms with Gasteiger partial charge in [0.05, 0.1) is 7.11 Å². The van der Waals surface area contributed by atoms with Gasteiger partial charge in [0.2, 0.25) is 0 Å². The molecule has 1 unspecified atom stereocenters. The maximum absolute atomic E-state index is 12.8. The van der Waals surface area contributed by atoms with Gasteiger partial charge in [0, 0.05) is 5.41 Å². The number of carbonyl (C=O) groups excluding carboxylic acids is 2. The molecule has 0 radical (unpaired) electrons. The van der Waals surface area contributed by atoms with Crippen LogP contribution in [0.15, 0.2) is 43.0 Å². The number of ether oxygens (including phenoxy) is 1. The summed E-state index contributed by atoms with van der Waals surface area (Å²) in [5.74, 6) is -3.26. The third-order valence-corrected chi connectivity index (χ3v) is 3.73. The van der Waals surface area contributed by atoms with E-state index in [-0.39, 0.29) is 5.56 Å². The average molecular weight is 329 g/mol. The van der Waals surface area contributed by atoms with Crippen molar-refractivity contribution in [1.82, 2.24) is 5.32 Å². The van der Waals surface area contributed by atoms with Crippen molar-refractivity contribution in [3.05, 3.63) is 48.6 Å². The zero-order valence-corrected chi connectivity index (χ0v) is 13.0. The molecule has 126 valence electrons. The van der Waals surface area contributed by atoms with E-state index in [9.17, 15) is 22.8 Å². The van der Waals surface area contributed by atoms with Gasteiger partial charge in [0.1, 0.15) is 0 Å². The second-order valence-electron chi connectivity index (χ2n) is 5.49. The fourth-order valence-electron chi connectivity index (χ4n) is 2.27. The average Bonchev–Trinajstić information content (AvgIpc) is 2.51. The molecule has 0 fully saturated rings. The summed E-state index contributed by atoms with van der Waals surface area (Å²) in [4.78, 5) is 24.0. The van der Waals surface area contributed by atoms with Crippen molar-refractivity contribution in [2.75, 3.05) is 7.11 Å². The van der Waals surface area contributed by atoms with Crippen molar-refractivity contribution < 1.29 is 27.5 Å². The van der Waals surface area contributed by atoms with Gasteiger partial charge in [-0.2, -0.15) is 13.2 Å². The van der Waals surface area contributed by atoms with Gasteiger partial charge >= 0.3 is 18.1 Å². The topological polar surface area (TPSA) is 55.4 Å². The van der Waals surface area contributed by atoms with E-state index >= 15 is 0 Å². The number of methoxy groups -OCH3 is 1. The SMILES string of the molecule is C=CC(C)(C)C(NC(=O)C(F)(F)F)(C(=O)OC)c1ccccc1. The maximum atomic E-state index is 12.8. The Morgan fingerprint density at radius 1 is 1.17 bits per heavy atom. The summed E-state index contributed by atoms with van der Waals surface area (Å²) in [6.45, 7) is 6.54. The van der Waals surface area contributed by atoms with E-state index in [2.05, 4.69) is 6.58 Å². The van der Waals surface area contributed by atoms with Crippen LogP contribution in [0.4, 0.5) is 13.2 Å². The Balaban J connectivity index is 3.65. The number of rotatable bonds is 5. The number of carbonyl (C=O) groups is 2. The Morgan fingerprint density at radius 3 is 2.09 bits per heavy atom. The number of benzene rings is 1. The van der Waals surface area contributed by atoms with E-state index in [0.717, 1.165) is 7.11 Å². The number of amides is 1. The molecule has 4 nitrogen and oxygen atoms in total. The summed E-state index contributed by atoms with van der Waals surface area (Å²) in [7, 11) is 1.04. The molecule has 1 N–H and O–H groups in total. The fourth-order valence-corrected chi connectivity index (χ4v) is 2.27. The lowest BCUT2D eigenvalue weighted by Crippen LogP contribution is -2.62. The van der Waals surface area contributed by atoms with E-state index in [0.29, 0.717) is 0 Å². The van der Waals surface area contributed by atoms with Gasteiger partial charge in [-0.05, 0) is 5.56 Å². The highest BCUT2D eigenvalue weighted by molar-refractivity contribution is 5.92. The molecule has 0 aliphatic heterocycles. The minimum absolute atomic E-state index is 0.161. The van der Waals surface area contributed by atoms with Crippen molar-refractivity contribution in [3.63, 3.8) is 0 Å². The zero-order valence-electron chi connectivity index (χ0n) is 13.0. The Labute approximate surface area is 132 Å². The molecule has 0 saturated heterocycles. The normalized spacial score (nSPS) is 14.5. The first-order valence-corrected chi connectivity index (χ1v) is 6.70. The molecule has 7 heteroatoms. The van der Waals surface area contributed by atoms with Crippen LogP contribution in [0.25, 0.3) is 0 Å². The molecule has 0 aromatic heterocycles. The van der Waals surface area contributed by atoms with E-state index < -0.39 is 29.0 Å². The van der Waals surface area contributed by atoms with Gasteiger partial charge in [-0.1, -0.05) is 50.3 Å². The second kappa shape index (κ2) is 6.44. The van der Waals surface area contributed by atoms with Crippen LogP contribution in [0.2, 0.25) is 0 Å². The summed E-state index contributed by atoms with van der Waals surface area (Å²) in [5.41, 5.74) is -3.17. The minimum atomic E-state index is -5.15. The van der Waals surface area contributed by atoms with Crippen molar-refractivity contribution >= 4 is 11.9 Å². The first kappa shape index (κ1) is 18.7. The van der Waals surface area contributed by atoms with Crippen molar-refractivity contribution in [2.24, 2.45) is 5.41 Å². The Kier molecular flexibility index (Phi) is 5.24. The van der Waals surface area contributed by atoms with Crippen molar-refractivity contribution in [1.29, 1.82) is 0 Å². The Hall–Kier alpha value is -2.31. The molecule has 23 heavy (non-hydrogen) atoms. The monoisotopic (exact) mass is 329 g/mol.